The Morgan fingerprint density at radius 1 is 1.38 bits per heavy atom. The van der Waals surface area contributed by atoms with Crippen LogP contribution in [0.25, 0.3) is 10.2 Å². The molecule has 21 heavy (non-hydrogen) atoms. The van der Waals surface area contributed by atoms with Gasteiger partial charge in [-0.2, -0.15) is 4.99 Å². The van der Waals surface area contributed by atoms with E-state index >= 15 is 0 Å². The molecule has 108 valence electrons. The summed E-state index contributed by atoms with van der Waals surface area (Å²) in [6, 6.07) is 7.74. The third-order valence-electron chi connectivity index (χ3n) is 3.33. The molecule has 0 aliphatic carbocycles. The first-order valence-electron chi connectivity index (χ1n) is 6.85. The largest absolute Gasteiger partial charge is 0.351 e. The fraction of sp³-hybridized carbons (Fsp3) is 0.267. The topological polar surface area (TPSA) is 60.4 Å². The molecular formula is C15H15N3O2S. The average molecular weight is 301 g/mol. The summed E-state index contributed by atoms with van der Waals surface area (Å²) in [4.78, 5) is 17.0. The Kier molecular flexibility index (Phi) is 3.70. The molecule has 6 heteroatoms. The molecule has 1 amide bonds. The molecule has 0 fully saturated rings. The maximum absolute atomic E-state index is 12.1. The second-order valence-corrected chi connectivity index (χ2v) is 5.55. The molecule has 0 saturated heterocycles. The van der Waals surface area contributed by atoms with E-state index in [1.54, 1.807) is 0 Å². The highest BCUT2D eigenvalue weighted by atomic mass is 32.1. The quantitative estimate of drug-likeness (QED) is 0.747. The number of aromatic nitrogens is 2. The fourth-order valence-corrected chi connectivity index (χ4v) is 3.48. The summed E-state index contributed by atoms with van der Waals surface area (Å²) < 4.78 is 8.08. The van der Waals surface area contributed by atoms with Gasteiger partial charge in [-0.25, -0.2) is 0 Å². The molecule has 0 atom stereocenters. The second-order valence-electron chi connectivity index (χ2n) is 4.54. The summed E-state index contributed by atoms with van der Waals surface area (Å²) in [7, 11) is 0. The van der Waals surface area contributed by atoms with Gasteiger partial charge in [-0.1, -0.05) is 35.5 Å². The van der Waals surface area contributed by atoms with Gasteiger partial charge in [0, 0.05) is 12.6 Å². The average Bonchev–Trinajstić information content (AvgIpc) is 3.13. The number of fused-ring (bicyclic) bond motifs is 1. The number of hydrogen-bond donors (Lipinski definition) is 0. The van der Waals surface area contributed by atoms with Crippen molar-refractivity contribution in [1.82, 2.24) is 9.72 Å². The lowest BCUT2D eigenvalue weighted by Gasteiger charge is -2.04. The van der Waals surface area contributed by atoms with Crippen molar-refractivity contribution in [2.45, 2.75) is 26.8 Å². The zero-order chi connectivity index (χ0) is 14.8. The molecule has 0 N–H and O–H groups in total. The number of rotatable bonds is 3. The van der Waals surface area contributed by atoms with Crippen molar-refractivity contribution in [1.29, 1.82) is 0 Å². The minimum Gasteiger partial charge on any atom is -0.351 e. The first kappa shape index (κ1) is 13.8. The molecule has 0 radical (unpaired) electrons. The van der Waals surface area contributed by atoms with Gasteiger partial charge in [0.15, 0.2) is 4.80 Å². The lowest BCUT2D eigenvalue weighted by Crippen LogP contribution is -2.16. The van der Waals surface area contributed by atoms with Crippen LogP contribution in [0.2, 0.25) is 0 Å². The number of para-hydroxylation sites is 1. The standard InChI is InChI=1S/C15H15N3O2S/c1-3-10-6-5-7-12-13(10)18(4-2)15(21-12)17-14(19)11-8-9-16-20-11/h5-9H,3-4H2,1-2H3. The first-order chi connectivity index (χ1) is 10.2. The van der Waals surface area contributed by atoms with Crippen LogP contribution in [0.1, 0.15) is 30.0 Å². The van der Waals surface area contributed by atoms with Gasteiger partial charge in [-0.3, -0.25) is 4.79 Å². The third kappa shape index (κ3) is 2.42. The Morgan fingerprint density at radius 3 is 2.90 bits per heavy atom. The van der Waals surface area contributed by atoms with Crippen molar-refractivity contribution >= 4 is 27.5 Å². The number of carbonyl (C=O) groups excluding carboxylic acids is 1. The van der Waals surface area contributed by atoms with E-state index in [1.165, 1.54) is 29.2 Å². The van der Waals surface area contributed by atoms with Crippen LogP contribution >= 0.6 is 11.3 Å². The Bertz CT molecular complexity index is 844. The molecule has 1 aromatic carbocycles. The molecule has 5 nitrogen and oxygen atoms in total. The van der Waals surface area contributed by atoms with E-state index in [2.05, 4.69) is 40.7 Å². The number of nitrogens with zero attached hydrogens (tertiary/aromatic N) is 3. The predicted octanol–water partition coefficient (Wildman–Crippen LogP) is 3.01. The number of aryl methyl sites for hydroxylation is 2. The molecule has 3 aromatic rings. The van der Waals surface area contributed by atoms with Gasteiger partial charge < -0.3 is 9.09 Å². The van der Waals surface area contributed by atoms with E-state index in [0.29, 0.717) is 4.80 Å². The molecule has 0 spiro atoms. The SMILES string of the molecule is CCc1cccc2sc(=NC(=O)c3ccno3)n(CC)c12. The lowest BCUT2D eigenvalue weighted by molar-refractivity contribution is 0.0962. The Balaban J connectivity index is 2.21. The van der Waals surface area contributed by atoms with E-state index < -0.39 is 5.91 Å². The van der Waals surface area contributed by atoms with Gasteiger partial charge in [-0.05, 0) is 25.0 Å². The summed E-state index contributed by atoms with van der Waals surface area (Å²) in [6.07, 6.45) is 2.39. The predicted molar refractivity (Wildman–Crippen MR) is 81.3 cm³/mol. The van der Waals surface area contributed by atoms with Crippen LogP contribution in [0.4, 0.5) is 0 Å². The number of carbonyl (C=O) groups is 1. The highest BCUT2D eigenvalue weighted by Crippen LogP contribution is 2.22. The van der Waals surface area contributed by atoms with Crippen LogP contribution in [-0.4, -0.2) is 15.6 Å². The van der Waals surface area contributed by atoms with Crippen LogP contribution in [0.15, 0.2) is 40.0 Å². The number of benzene rings is 1. The van der Waals surface area contributed by atoms with Crippen LogP contribution in [0, 0.1) is 0 Å². The third-order valence-corrected chi connectivity index (χ3v) is 4.37. The summed E-state index contributed by atoms with van der Waals surface area (Å²) >= 11 is 1.52. The molecule has 0 aliphatic heterocycles. The Labute approximate surface area is 125 Å². The monoisotopic (exact) mass is 301 g/mol. The molecule has 0 saturated carbocycles. The molecular weight excluding hydrogens is 286 g/mol. The minimum atomic E-state index is -0.403. The highest BCUT2D eigenvalue weighted by Gasteiger charge is 2.12. The fourth-order valence-electron chi connectivity index (χ4n) is 2.34. The van der Waals surface area contributed by atoms with Gasteiger partial charge in [0.05, 0.1) is 16.4 Å². The van der Waals surface area contributed by atoms with Gasteiger partial charge >= 0.3 is 5.91 Å². The summed E-state index contributed by atoms with van der Waals surface area (Å²) in [5.74, 6) is -0.245. The highest BCUT2D eigenvalue weighted by molar-refractivity contribution is 7.16. The Morgan fingerprint density at radius 2 is 2.24 bits per heavy atom. The van der Waals surface area contributed by atoms with Crippen LogP contribution in [0.5, 0.6) is 0 Å². The van der Waals surface area contributed by atoms with Crippen LogP contribution in [-0.2, 0) is 13.0 Å². The van der Waals surface area contributed by atoms with Crippen molar-refractivity contribution in [2.24, 2.45) is 4.99 Å². The number of hydrogen-bond acceptors (Lipinski definition) is 4. The van der Waals surface area contributed by atoms with E-state index in [-0.39, 0.29) is 5.76 Å². The molecule has 0 unspecified atom stereocenters. The maximum Gasteiger partial charge on any atom is 0.318 e. The molecule has 0 aliphatic rings. The van der Waals surface area contributed by atoms with Crippen LogP contribution in [0.3, 0.4) is 0 Å². The van der Waals surface area contributed by atoms with Crippen LogP contribution < -0.4 is 4.80 Å². The van der Waals surface area contributed by atoms with Crippen molar-refractivity contribution in [2.75, 3.05) is 0 Å². The van der Waals surface area contributed by atoms with E-state index in [4.69, 9.17) is 4.52 Å². The summed E-state index contributed by atoms with van der Waals surface area (Å²) in [5, 5.41) is 3.54. The molecule has 2 heterocycles. The summed E-state index contributed by atoms with van der Waals surface area (Å²) in [6.45, 7) is 4.94. The van der Waals surface area contributed by atoms with Gasteiger partial charge in [-0.15, -0.1) is 0 Å². The van der Waals surface area contributed by atoms with E-state index in [1.807, 2.05) is 6.07 Å². The Hall–Kier alpha value is -2.21. The van der Waals surface area contributed by atoms with Crippen molar-refractivity contribution < 1.29 is 9.32 Å². The minimum absolute atomic E-state index is 0.158. The number of amides is 1. The zero-order valence-corrected chi connectivity index (χ0v) is 12.7. The zero-order valence-electron chi connectivity index (χ0n) is 11.9. The normalized spacial score (nSPS) is 12.2. The number of thiazole rings is 1. The maximum atomic E-state index is 12.1. The van der Waals surface area contributed by atoms with Gasteiger partial charge in [0.25, 0.3) is 0 Å². The van der Waals surface area contributed by atoms with Crippen molar-refractivity contribution in [3.63, 3.8) is 0 Å². The first-order valence-corrected chi connectivity index (χ1v) is 7.67. The molecule has 0 bridgehead atoms. The second kappa shape index (κ2) is 5.65. The van der Waals surface area contributed by atoms with E-state index in [0.717, 1.165) is 23.2 Å². The van der Waals surface area contributed by atoms with Crippen molar-refractivity contribution in [3.8, 4) is 0 Å². The van der Waals surface area contributed by atoms with Crippen molar-refractivity contribution in [3.05, 3.63) is 46.6 Å². The summed E-state index contributed by atoms with van der Waals surface area (Å²) in [5.41, 5.74) is 2.43. The van der Waals surface area contributed by atoms with Gasteiger partial charge in [0.1, 0.15) is 0 Å². The molecule has 3 rings (SSSR count). The smallest absolute Gasteiger partial charge is 0.318 e. The molecule has 2 aromatic heterocycles. The van der Waals surface area contributed by atoms with Gasteiger partial charge in [0.2, 0.25) is 5.76 Å². The lowest BCUT2D eigenvalue weighted by atomic mass is 10.1. The van der Waals surface area contributed by atoms with E-state index in [9.17, 15) is 4.79 Å².